The molecule has 0 heterocycles. The van der Waals surface area contributed by atoms with Gasteiger partial charge in [-0.1, -0.05) is 65.7 Å². The van der Waals surface area contributed by atoms with Crippen molar-refractivity contribution < 1.29 is 9.53 Å². The first-order chi connectivity index (χ1) is 8.60. The van der Waals surface area contributed by atoms with Gasteiger partial charge < -0.3 is 4.74 Å². The van der Waals surface area contributed by atoms with Gasteiger partial charge in [0.05, 0.1) is 0 Å². The maximum Gasteiger partial charge on any atom is 0.164 e. The lowest BCUT2D eigenvalue weighted by Gasteiger charge is -2.28. The Morgan fingerprint density at radius 3 is 2.06 bits per heavy atom. The molecule has 0 aromatic carbocycles. The molecule has 0 aromatic heterocycles. The highest BCUT2D eigenvalue weighted by atomic mass is 16.5. The van der Waals surface area contributed by atoms with Crippen molar-refractivity contribution in [2.45, 2.75) is 78.6 Å². The molecular weight excluding hydrogens is 224 g/mol. The average molecular weight is 256 g/mol. The van der Waals surface area contributed by atoms with Crippen molar-refractivity contribution in [1.82, 2.24) is 0 Å². The molecular formula is C16H32O2. The van der Waals surface area contributed by atoms with Crippen molar-refractivity contribution in [1.29, 1.82) is 0 Å². The molecule has 0 bridgehead atoms. The zero-order chi connectivity index (χ0) is 13.9. The number of carbonyl (C=O) groups excluding carboxylic acids is 1. The predicted molar refractivity (Wildman–Crippen MR) is 77.9 cm³/mol. The minimum Gasteiger partial charge on any atom is -0.377 e. The van der Waals surface area contributed by atoms with Crippen molar-refractivity contribution in [3.05, 3.63) is 0 Å². The van der Waals surface area contributed by atoms with Gasteiger partial charge in [-0.15, -0.1) is 0 Å². The lowest BCUT2D eigenvalue weighted by atomic mass is 9.76. The first kappa shape index (κ1) is 17.6. The van der Waals surface area contributed by atoms with Gasteiger partial charge in [-0.2, -0.15) is 0 Å². The molecule has 0 radical (unpaired) electrons. The van der Waals surface area contributed by atoms with E-state index in [1.165, 1.54) is 32.1 Å². The molecule has 1 unspecified atom stereocenters. The Hall–Kier alpha value is -0.370. The number of methoxy groups -OCH3 is 1. The summed E-state index contributed by atoms with van der Waals surface area (Å²) in [5, 5.41) is 0. The Morgan fingerprint density at radius 1 is 0.944 bits per heavy atom. The highest BCUT2D eigenvalue weighted by Crippen LogP contribution is 2.32. The molecule has 0 amide bonds. The average Bonchev–Trinajstić information content (AvgIpc) is 2.36. The predicted octanol–water partition coefficient (Wildman–Crippen LogP) is 4.76. The number of hydrogen-bond donors (Lipinski definition) is 0. The van der Waals surface area contributed by atoms with Gasteiger partial charge in [0, 0.05) is 12.5 Å². The second-order valence-electron chi connectivity index (χ2n) is 5.68. The van der Waals surface area contributed by atoms with E-state index in [-0.39, 0.29) is 17.8 Å². The number of unbranched alkanes of at least 4 members (excludes halogenated alkanes) is 5. The second kappa shape index (κ2) is 10.5. The molecule has 108 valence electrons. The summed E-state index contributed by atoms with van der Waals surface area (Å²) in [7, 11) is 1.61. The Morgan fingerprint density at radius 2 is 1.50 bits per heavy atom. The Labute approximate surface area is 113 Å². The third kappa shape index (κ3) is 7.15. The van der Waals surface area contributed by atoms with Gasteiger partial charge in [-0.25, -0.2) is 0 Å². The van der Waals surface area contributed by atoms with Gasteiger partial charge in [0.25, 0.3) is 0 Å². The molecule has 0 spiro atoms. The van der Waals surface area contributed by atoms with Gasteiger partial charge in [-0.3, -0.25) is 4.79 Å². The molecule has 0 aliphatic carbocycles. The smallest absolute Gasteiger partial charge is 0.164 e. The highest BCUT2D eigenvalue weighted by Gasteiger charge is 2.31. The van der Waals surface area contributed by atoms with E-state index in [4.69, 9.17) is 4.74 Å². The first-order valence-electron chi connectivity index (χ1n) is 7.63. The molecule has 0 fully saturated rings. The molecule has 0 aromatic rings. The summed E-state index contributed by atoms with van der Waals surface area (Å²) in [5.41, 5.74) is -0.155. The van der Waals surface area contributed by atoms with Crippen LogP contribution in [0.15, 0.2) is 0 Å². The van der Waals surface area contributed by atoms with Crippen molar-refractivity contribution >= 4 is 5.78 Å². The molecule has 0 rings (SSSR count). The van der Waals surface area contributed by atoms with Crippen LogP contribution in [0.3, 0.4) is 0 Å². The van der Waals surface area contributed by atoms with E-state index in [1.807, 2.05) is 0 Å². The molecule has 0 saturated carbocycles. The number of hydrogen-bond acceptors (Lipinski definition) is 2. The normalized spacial score (nSPS) is 14.4. The largest absolute Gasteiger partial charge is 0.377 e. The third-order valence-corrected chi connectivity index (χ3v) is 3.86. The summed E-state index contributed by atoms with van der Waals surface area (Å²) >= 11 is 0. The molecule has 2 nitrogen and oxygen atoms in total. The summed E-state index contributed by atoms with van der Waals surface area (Å²) < 4.78 is 5.03. The maximum atomic E-state index is 12.2. The van der Waals surface area contributed by atoms with Crippen LogP contribution in [-0.2, 0) is 9.53 Å². The van der Waals surface area contributed by atoms with Crippen LogP contribution in [0.5, 0.6) is 0 Å². The second-order valence-corrected chi connectivity index (χ2v) is 5.68. The fraction of sp³-hybridized carbons (Fsp3) is 0.938. The van der Waals surface area contributed by atoms with Gasteiger partial charge >= 0.3 is 0 Å². The van der Waals surface area contributed by atoms with Crippen LogP contribution in [0.25, 0.3) is 0 Å². The summed E-state index contributed by atoms with van der Waals surface area (Å²) in [6.45, 7) is 6.81. The Kier molecular flexibility index (Phi) is 10.3. The summed E-state index contributed by atoms with van der Waals surface area (Å²) in [5.74, 6) is 0.286. The maximum absolute atomic E-state index is 12.2. The number of ketones is 1. The number of rotatable bonds is 12. The number of ether oxygens (including phenoxy) is 1. The van der Waals surface area contributed by atoms with E-state index < -0.39 is 0 Å². The van der Waals surface area contributed by atoms with Crippen LogP contribution in [0.4, 0.5) is 0 Å². The molecule has 0 saturated heterocycles. The van der Waals surface area contributed by atoms with E-state index >= 15 is 0 Å². The van der Waals surface area contributed by atoms with E-state index in [2.05, 4.69) is 20.8 Å². The molecule has 1 atom stereocenters. The third-order valence-electron chi connectivity index (χ3n) is 3.86. The van der Waals surface area contributed by atoms with E-state index in [9.17, 15) is 4.79 Å². The highest BCUT2D eigenvalue weighted by molar-refractivity contribution is 5.85. The number of carbonyl (C=O) groups is 1. The lowest BCUT2D eigenvalue weighted by molar-refractivity contribution is -0.132. The minimum absolute atomic E-state index is 0.155. The van der Waals surface area contributed by atoms with Crippen LogP contribution >= 0.6 is 0 Å². The molecule has 2 heteroatoms. The first-order valence-corrected chi connectivity index (χ1v) is 7.63. The molecule has 18 heavy (non-hydrogen) atoms. The standard InChI is InChI=1S/C16H32O2/c1-5-7-9-10-11-13-16(3,12-8-6-2)15(17)14-18-4/h5-14H2,1-4H3. The monoisotopic (exact) mass is 256 g/mol. The van der Waals surface area contributed by atoms with Crippen LogP contribution in [0.1, 0.15) is 78.6 Å². The van der Waals surface area contributed by atoms with E-state index in [0.29, 0.717) is 0 Å². The van der Waals surface area contributed by atoms with Gasteiger partial charge in [0.1, 0.15) is 6.61 Å². The van der Waals surface area contributed by atoms with Crippen molar-refractivity contribution in [2.24, 2.45) is 5.41 Å². The number of Topliss-reactive ketones (excluding diaryl/α,β-unsaturated/α-hetero) is 1. The Balaban J connectivity index is 4.15. The molecule has 0 aliphatic rings. The van der Waals surface area contributed by atoms with Crippen LogP contribution in [0.2, 0.25) is 0 Å². The van der Waals surface area contributed by atoms with Gasteiger partial charge in [0.15, 0.2) is 5.78 Å². The fourth-order valence-electron chi connectivity index (χ4n) is 2.39. The fourth-order valence-corrected chi connectivity index (χ4v) is 2.39. The molecule has 0 aliphatic heterocycles. The van der Waals surface area contributed by atoms with Crippen LogP contribution in [0, 0.1) is 5.41 Å². The zero-order valence-corrected chi connectivity index (χ0v) is 12.9. The quantitative estimate of drug-likeness (QED) is 0.471. The zero-order valence-electron chi connectivity index (χ0n) is 12.9. The van der Waals surface area contributed by atoms with Crippen molar-refractivity contribution in [3.8, 4) is 0 Å². The Bertz CT molecular complexity index is 213. The lowest BCUT2D eigenvalue weighted by Crippen LogP contribution is -2.31. The van der Waals surface area contributed by atoms with Gasteiger partial charge in [0.2, 0.25) is 0 Å². The minimum atomic E-state index is -0.155. The van der Waals surface area contributed by atoms with Crippen LogP contribution < -0.4 is 0 Å². The van der Waals surface area contributed by atoms with E-state index in [1.54, 1.807) is 7.11 Å². The summed E-state index contributed by atoms with van der Waals surface area (Å²) in [4.78, 5) is 12.2. The van der Waals surface area contributed by atoms with Crippen LogP contribution in [-0.4, -0.2) is 19.5 Å². The topological polar surface area (TPSA) is 26.3 Å². The van der Waals surface area contributed by atoms with Crippen molar-refractivity contribution in [3.63, 3.8) is 0 Å². The SMILES string of the molecule is CCCCCCCC(C)(CCCC)C(=O)COC. The summed E-state index contributed by atoms with van der Waals surface area (Å²) in [6, 6.07) is 0. The van der Waals surface area contributed by atoms with Crippen molar-refractivity contribution in [2.75, 3.05) is 13.7 Å². The molecule has 0 N–H and O–H groups in total. The van der Waals surface area contributed by atoms with E-state index in [0.717, 1.165) is 25.7 Å². The van der Waals surface area contributed by atoms with Gasteiger partial charge in [-0.05, 0) is 12.8 Å². The summed E-state index contributed by atoms with van der Waals surface area (Å²) in [6.07, 6.45) is 10.7.